The van der Waals surface area contributed by atoms with Crippen molar-refractivity contribution in [2.45, 2.75) is 18.9 Å². The highest BCUT2D eigenvalue weighted by Gasteiger charge is 2.36. The summed E-state index contributed by atoms with van der Waals surface area (Å²) in [6.07, 6.45) is 2.48. The monoisotopic (exact) mass is 421 g/mol. The Kier molecular flexibility index (Phi) is 4.85. The lowest BCUT2D eigenvalue weighted by molar-refractivity contribution is 0.0695. The number of nitrogen functional groups attached to an aromatic ring is 1. The van der Waals surface area contributed by atoms with E-state index in [1.54, 1.807) is 0 Å². The SMILES string of the molecule is CO/N=C1/CN(c2c(F)c(N)c3c(=O)c(C(=O)O)cn(C4CC4)c3c2F)CC1CN. The standard InChI is InChI=1S/C19H21F2N5O4/c1-30-24-11-7-25(5-8(11)4-22)17-13(20)15(23)12-16(14(17)21)26(9-2-3-9)6-10(18(12)27)19(28)29/h6,8-9H,2-5,7,22-23H2,1H3,(H,28,29)/b24-11-. The number of hydrogen-bond acceptors (Lipinski definition) is 7. The zero-order chi connectivity index (χ0) is 21.7. The Morgan fingerprint density at radius 2 is 2.07 bits per heavy atom. The third-order valence-corrected chi connectivity index (χ3v) is 5.61. The van der Waals surface area contributed by atoms with Gasteiger partial charge in [0.15, 0.2) is 11.6 Å². The molecule has 5 N–H and O–H groups in total. The van der Waals surface area contributed by atoms with Crippen LogP contribution in [0.25, 0.3) is 10.9 Å². The van der Waals surface area contributed by atoms with Gasteiger partial charge < -0.3 is 30.9 Å². The Bertz CT molecular complexity index is 1140. The van der Waals surface area contributed by atoms with Crippen molar-refractivity contribution < 1.29 is 23.5 Å². The zero-order valence-corrected chi connectivity index (χ0v) is 16.2. The van der Waals surface area contributed by atoms with Crippen molar-refractivity contribution >= 4 is 34.0 Å². The number of pyridine rings is 1. The Labute approximate surface area is 169 Å². The number of carboxylic acids is 1. The van der Waals surface area contributed by atoms with Crippen LogP contribution in [0.5, 0.6) is 0 Å². The number of benzene rings is 1. The number of aromatic carboxylic acids is 1. The second-order valence-electron chi connectivity index (χ2n) is 7.51. The van der Waals surface area contributed by atoms with E-state index in [2.05, 4.69) is 5.16 Å². The van der Waals surface area contributed by atoms with Gasteiger partial charge in [0.25, 0.3) is 0 Å². The molecule has 2 aliphatic rings. The molecule has 2 fully saturated rings. The van der Waals surface area contributed by atoms with Crippen molar-refractivity contribution in [2.75, 3.05) is 37.4 Å². The molecule has 30 heavy (non-hydrogen) atoms. The van der Waals surface area contributed by atoms with Crippen molar-refractivity contribution in [1.82, 2.24) is 4.57 Å². The summed E-state index contributed by atoms with van der Waals surface area (Å²) in [7, 11) is 1.37. The Morgan fingerprint density at radius 3 is 2.63 bits per heavy atom. The molecule has 1 aromatic carbocycles. The molecule has 1 unspecified atom stereocenters. The van der Waals surface area contributed by atoms with E-state index < -0.39 is 45.4 Å². The molecule has 11 heteroatoms. The number of oxime groups is 1. The van der Waals surface area contributed by atoms with Crippen LogP contribution in [0, 0.1) is 17.6 Å². The van der Waals surface area contributed by atoms with E-state index in [4.69, 9.17) is 16.3 Å². The fourth-order valence-corrected chi connectivity index (χ4v) is 3.99. The van der Waals surface area contributed by atoms with Gasteiger partial charge in [-0.15, -0.1) is 0 Å². The first-order valence-electron chi connectivity index (χ1n) is 9.43. The summed E-state index contributed by atoms with van der Waals surface area (Å²) < 4.78 is 32.3. The van der Waals surface area contributed by atoms with Gasteiger partial charge in [-0.25, -0.2) is 13.6 Å². The van der Waals surface area contributed by atoms with Crippen LogP contribution >= 0.6 is 0 Å². The molecule has 0 bridgehead atoms. The van der Waals surface area contributed by atoms with Crippen LogP contribution in [-0.4, -0.2) is 48.1 Å². The molecule has 0 amide bonds. The molecule has 2 heterocycles. The topological polar surface area (TPSA) is 136 Å². The summed E-state index contributed by atoms with van der Waals surface area (Å²) in [5, 5.41) is 12.8. The van der Waals surface area contributed by atoms with Crippen molar-refractivity contribution in [1.29, 1.82) is 0 Å². The number of carbonyl (C=O) groups is 1. The lowest BCUT2D eigenvalue weighted by atomic mass is 10.1. The Morgan fingerprint density at radius 1 is 1.37 bits per heavy atom. The molecule has 1 aliphatic carbocycles. The molecule has 1 aromatic heterocycles. The van der Waals surface area contributed by atoms with Crippen molar-refractivity contribution in [3.05, 3.63) is 33.6 Å². The van der Waals surface area contributed by atoms with Gasteiger partial charge in [0.1, 0.15) is 18.4 Å². The number of fused-ring (bicyclic) bond motifs is 1. The highest BCUT2D eigenvalue weighted by atomic mass is 19.1. The third-order valence-electron chi connectivity index (χ3n) is 5.61. The predicted molar refractivity (Wildman–Crippen MR) is 107 cm³/mol. The maximum absolute atomic E-state index is 15.7. The average Bonchev–Trinajstić information content (AvgIpc) is 3.47. The Balaban J connectivity index is 1.99. The minimum Gasteiger partial charge on any atom is -0.477 e. The fourth-order valence-electron chi connectivity index (χ4n) is 3.99. The van der Waals surface area contributed by atoms with Crippen LogP contribution < -0.4 is 21.8 Å². The molecule has 9 nitrogen and oxygen atoms in total. The lowest BCUT2D eigenvalue weighted by Crippen LogP contribution is -2.27. The summed E-state index contributed by atoms with van der Waals surface area (Å²) in [6.45, 7) is 0.480. The summed E-state index contributed by atoms with van der Waals surface area (Å²) in [4.78, 5) is 30.4. The van der Waals surface area contributed by atoms with Crippen LogP contribution in [0.1, 0.15) is 29.2 Å². The molecule has 1 saturated heterocycles. The van der Waals surface area contributed by atoms with Gasteiger partial charge in [0.05, 0.1) is 28.8 Å². The number of anilines is 2. The molecule has 4 rings (SSSR count). The van der Waals surface area contributed by atoms with E-state index in [9.17, 15) is 14.7 Å². The first-order chi connectivity index (χ1) is 14.3. The van der Waals surface area contributed by atoms with E-state index in [0.717, 1.165) is 6.20 Å². The number of nitrogens with two attached hydrogens (primary N) is 2. The minimum atomic E-state index is -1.48. The highest BCUT2D eigenvalue weighted by molar-refractivity contribution is 6.01. The van der Waals surface area contributed by atoms with Gasteiger partial charge in [-0.1, -0.05) is 5.16 Å². The van der Waals surface area contributed by atoms with Gasteiger partial charge in [-0.3, -0.25) is 4.79 Å². The van der Waals surface area contributed by atoms with E-state index in [0.29, 0.717) is 18.6 Å². The number of carboxylic acid groups (broad SMARTS) is 1. The molecular formula is C19H21F2N5O4. The molecule has 1 saturated carbocycles. The lowest BCUT2D eigenvalue weighted by Gasteiger charge is -2.23. The normalized spacial score (nSPS) is 20.3. The van der Waals surface area contributed by atoms with Crippen LogP contribution in [0.3, 0.4) is 0 Å². The summed E-state index contributed by atoms with van der Waals surface area (Å²) in [5.74, 6) is -3.82. The fraction of sp³-hybridized carbons (Fsp3) is 0.421. The minimum absolute atomic E-state index is 0.0787. The van der Waals surface area contributed by atoms with Crippen LogP contribution in [-0.2, 0) is 4.84 Å². The first-order valence-corrected chi connectivity index (χ1v) is 9.43. The van der Waals surface area contributed by atoms with Crippen LogP contribution in [0.15, 0.2) is 16.1 Å². The number of hydrogen-bond donors (Lipinski definition) is 3. The second-order valence-corrected chi connectivity index (χ2v) is 7.51. The van der Waals surface area contributed by atoms with Crippen LogP contribution in [0.2, 0.25) is 0 Å². The summed E-state index contributed by atoms with van der Waals surface area (Å²) in [5.41, 5.74) is 9.46. The maximum Gasteiger partial charge on any atom is 0.341 e. The van der Waals surface area contributed by atoms with Gasteiger partial charge in [-0.05, 0) is 12.8 Å². The molecule has 160 valence electrons. The molecule has 1 atom stereocenters. The first kappa shape index (κ1) is 20.1. The molecule has 2 aromatic rings. The second kappa shape index (κ2) is 7.24. The average molecular weight is 421 g/mol. The number of aromatic nitrogens is 1. The highest BCUT2D eigenvalue weighted by Crippen LogP contribution is 2.42. The molecule has 1 aliphatic heterocycles. The summed E-state index contributed by atoms with van der Waals surface area (Å²) >= 11 is 0. The summed E-state index contributed by atoms with van der Waals surface area (Å²) in [6, 6.07) is -0.181. The van der Waals surface area contributed by atoms with Crippen molar-refractivity contribution in [2.24, 2.45) is 16.8 Å². The van der Waals surface area contributed by atoms with Crippen molar-refractivity contribution in [3.63, 3.8) is 0 Å². The van der Waals surface area contributed by atoms with Gasteiger partial charge in [-0.2, -0.15) is 0 Å². The van der Waals surface area contributed by atoms with E-state index in [1.807, 2.05) is 0 Å². The predicted octanol–water partition coefficient (Wildman–Crippen LogP) is 1.29. The molecular weight excluding hydrogens is 400 g/mol. The van der Waals surface area contributed by atoms with E-state index in [-0.39, 0.29) is 37.1 Å². The van der Waals surface area contributed by atoms with E-state index in [1.165, 1.54) is 16.6 Å². The molecule has 0 spiro atoms. The quantitative estimate of drug-likeness (QED) is 0.489. The Hall–Kier alpha value is -3.21. The van der Waals surface area contributed by atoms with E-state index >= 15 is 8.78 Å². The molecule has 0 radical (unpaired) electrons. The number of halogens is 2. The van der Waals surface area contributed by atoms with Gasteiger partial charge in [0.2, 0.25) is 5.43 Å². The van der Waals surface area contributed by atoms with Crippen LogP contribution in [0.4, 0.5) is 20.2 Å². The maximum atomic E-state index is 15.7. The van der Waals surface area contributed by atoms with Gasteiger partial charge >= 0.3 is 5.97 Å². The van der Waals surface area contributed by atoms with Gasteiger partial charge in [0, 0.05) is 31.2 Å². The van der Waals surface area contributed by atoms with Crippen molar-refractivity contribution in [3.8, 4) is 0 Å². The smallest absolute Gasteiger partial charge is 0.341 e. The zero-order valence-electron chi connectivity index (χ0n) is 16.2. The number of rotatable bonds is 5. The largest absolute Gasteiger partial charge is 0.477 e. The third kappa shape index (κ3) is 2.96. The number of nitrogens with zero attached hydrogens (tertiary/aromatic N) is 3.